The molecule has 0 aromatic rings. The van der Waals surface area contributed by atoms with Crippen LogP contribution in [-0.4, -0.2) is 47.4 Å². The van der Waals surface area contributed by atoms with E-state index in [9.17, 15) is 19.8 Å². The van der Waals surface area contributed by atoms with Gasteiger partial charge in [-0.15, -0.1) is 0 Å². The molecule has 0 aliphatic rings. The van der Waals surface area contributed by atoms with E-state index in [1.807, 2.05) is 6.08 Å². The van der Waals surface area contributed by atoms with Crippen LogP contribution in [0, 0.1) is 0 Å². The van der Waals surface area contributed by atoms with E-state index in [1.54, 1.807) is 6.08 Å². The lowest BCUT2D eigenvalue weighted by Crippen LogP contribution is -2.45. The molecule has 414 valence electrons. The van der Waals surface area contributed by atoms with Crippen LogP contribution < -0.4 is 5.32 Å². The number of aliphatic hydroxyl groups excluding tert-OH is 2. The Bertz CT molecular complexity index is 1240. The third-order valence-electron chi connectivity index (χ3n) is 14.0. The first-order chi connectivity index (χ1) is 35.0. The minimum atomic E-state index is -0.844. The summed E-state index contributed by atoms with van der Waals surface area (Å²) in [6, 6.07) is -0.627. The fourth-order valence-electron chi connectivity index (χ4n) is 9.22. The number of hydrogen-bond donors (Lipinski definition) is 3. The molecule has 3 N–H and O–H groups in total. The summed E-state index contributed by atoms with van der Waals surface area (Å²) in [4.78, 5) is 24.4. The zero-order valence-corrected chi connectivity index (χ0v) is 47.2. The molecule has 6 nitrogen and oxygen atoms in total. The Hall–Kier alpha value is -2.44. The first-order valence-electron chi connectivity index (χ1n) is 31.1. The third kappa shape index (κ3) is 56.7. The van der Waals surface area contributed by atoms with Gasteiger partial charge in [-0.1, -0.05) is 267 Å². The Labute approximate surface area is 441 Å². The van der Waals surface area contributed by atoms with Crippen LogP contribution in [-0.2, 0) is 14.3 Å². The maximum absolute atomic E-state index is 12.4. The number of carbonyl (C=O) groups is 2. The molecule has 0 saturated heterocycles. The van der Waals surface area contributed by atoms with E-state index < -0.39 is 12.1 Å². The molecular weight excluding hydrogens is 875 g/mol. The van der Waals surface area contributed by atoms with Crippen LogP contribution in [0.25, 0.3) is 0 Å². The summed E-state index contributed by atoms with van der Waals surface area (Å²) in [5.74, 6) is -0.0748. The summed E-state index contributed by atoms with van der Waals surface area (Å²) < 4.78 is 5.48. The largest absolute Gasteiger partial charge is 0.466 e. The highest BCUT2D eigenvalue weighted by molar-refractivity contribution is 5.76. The van der Waals surface area contributed by atoms with Gasteiger partial charge < -0.3 is 20.3 Å². The van der Waals surface area contributed by atoms with Gasteiger partial charge in [0.15, 0.2) is 0 Å². The summed E-state index contributed by atoms with van der Waals surface area (Å²) in [7, 11) is 0. The SMILES string of the molecule is CCCCCC/C=C\C/C=C\CCCCCCCC(=O)OCCCCCCCCCCC/C=C\C/C=C\CCCCCCCCCCCCCCCC(=O)NC(CO)C(O)/C=C/CCCCCCCCC. The molecule has 0 aromatic heterocycles. The summed E-state index contributed by atoms with van der Waals surface area (Å²) in [5, 5.41) is 22.9. The van der Waals surface area contributed by atoms with Gasteiger partial charge in [-0.2, -0.15) is 0 Å². The molecule has 1 amide bonds. The van der Waals surface area contributed by atoms with Gasteiger partial charge in [0, 0.05) is 12.8 Å². The normalized spacial score (nSPS) is 13.0. The number of amides is 1. The van der Waals surface area contributed by atoms with Crippen molar-refractivity contribution in [3.63, 3.8) is 0 Å². The maximum atomic E-state index is 12.4. The van der Waals surface area contributed by atoms with Gasteiger partial charge in [-0.05, 0) is 96.3 Å². The van der Waals surface area contributed by atoms with E-state index in [0.717, 1.165) is 57.8 Å². The number of rotatable bonds is 57. The number of aliphatic hydroxyl groups is 2. The Balaban J connectivity index is 3.40. The standard InChI is InChI=1S/C65H119NO5/c1-3-5-7-9-11-13-14-15-16-33-36-39-43-47-51-55-59-65(70)71-60-56-52-48-44-40-37-34-31-29-27-25-23-21-19-17-18-20-22-24-26-28-30-32-35-38-42-46-50-54-58-64(69)66-62(61-67)63(68)57-53-49-45-41-12-10-8-6-4-2/h13-14,16-17,19,23,25,33,53,57,62-63,67-68H,3-12,15,18,20-22,24,26-32,34-52,54-56,58-61H2,1-2H3,(H,66,69)/b14-13-,19-17-,25-23-,33-16-,57-53+. The second kappa shape index (κ2) is 60.1. The van der Waals surface area contributed by atoms with Crippen LogP contribution in [0.15, 0.2) is 60.8 Å². The molecule has 0 rings (SSSR count). The lowest BCUT2D eigenvalue weighted by atomic mass is 10.0. The fraction of sp³-hybridized carbons (Fsp3) is 0.815. The van der Waals surface area contributed by atoms with Crippen molar-refractivity contribution < 1.29 is 24.5 Å². The topological polar surface area (TPSA) is 95.9 Å². The second-order valence-electron chi connectivity index (χ2n) is 21.0. The summed E-state index contributed by atoms with van der Waals surface area (Å²) in [6.45, 7) is 4.85. The second-order valence-corrected chi connectivity index (χ2v) is 21.0. The molecule has 0 aromatic carbocycles. The van der Waals surface area contributed by atoms with E-state index in [2.05, 4.69) is 67.8 Å². The summed E-state index contributed by atoms with van der Waals surface area (Å²) in [6.07, 6.45) is 78.5. The minimum Gasteiger partial charge on any atom is -0.466 e. The van der Waals surface area contributed by atoms with Crippen molar-refractivity contribution in [3.8, 4) is 0 Å². The molecule has 0 aliphatic heterocycles. The molecule has 2 atom stereocenters. The van der Waals surface area contributed by atoms with Gasteiger partial charge in [-0.25, -0.2) is 0 Å². The Morgan fingerprint density at radius 2 is 0.704 bits per heavy atom. The van der Waals surface area contributed by atoms with Crippen molar-refractivity contribution in [3.05, 3.63) is 60.8 Å². The highest BCUT2D eigenvalue weighted by Gasteiger charge is 2.18. The number of carbonyl (C=O) groups excluding carboxylic acids is 2. The molecule has 0 aliphatic carbocycles. The van der Waals surface area contributed by atoms with E-state index in [-0.39, 0.29) is 18.5 Å². The molecule has 2 unspecified atom stereocenters. The van der Waals surface area contributed by atoms with Crippen LogP contribution in [0.5, 0.6) is 0 Å². The quantitative estimate of drug-likeness (QED) is 0.0321. The molecule has 6 heteroatoms. The van der Waals surface area contributed by atoms with Crippen LogP contribution in [0.4, 0.5) is 0 Å². The van der Waals surface area contributed by atoms with E-state index in [4.69, 9.17) is 4.74 Å². The summed E-state index contributed by atoms with van der Waals surface area (Å²) in [5.41, 5.74) is 0. The van der Waals surface area contributed by atoms with E-state index >= 15 is 0 Å². The maximum Gasteiger partial charge on any atom is 0.305 e. The van der Waals surface area contributed by atoms with Crippen molar-refractivity contribution in [2.45, 2.75) is 328 Å². The molecule has 0 radical (unpaired) electrons. The van der Waals surface area contributed by atoms with E-state index in [1.165, 1.54) is 231 Å². The highest BCUT2D eigenvalue weighted by Crippen LogP contribution is 2.16. The Morgan fingerprint density at radius 3 is 1.08 bits per heavy atom. The zero-order valence-electron chi connectivity index (χ0n) is 47.2. The minimum absolute atomic E-state index is 0.00254. The smallest absolute Gasteiger partial charge is 0.305 e. The fourth-order valence-corrected chi connectivity index (χ4v) is 9.22. The van der Waals surface area contributed by atoms with Gasteiger partial charge in [0.2, 0.25) is 5.91 Å². The Kier molecular flexibility index (Phi) is 58.1. The monoisotopic (exact) mass is 994 g/mol. The van der Waals surface area contributed by atoms with Crippen LogP contribution >= 0.6 is 0 Å². The Morgan fingerprint density at radius 1 is 0.394 bits per heavy atom. The van der Waals surface area contributed by atoms with Gasteiger partial charge in [-0.3, -0.25) is 9.59 Å². The molecule has 0 saturated carbocycles. The molecule has 0 fully saturated rings. The number of hydrogen-bond acceptors (Lipinski definition) is 5. The van der Waals surface area contributed by atoms with E-state index in [0.29, 0.717) is 19.4 Å². The van der Waals surface area contributed by atoms with Crippen LogP contribution in [0.1, 0.15) is 316 Å². The van der Waals surface area contributed by atoms with Gasteiger partial charge in [0.25, 0.3) is 0 Å². The first-order valence-corrected chi connectivity index (χ1v) is 31.1. The van der Waals surface area contributed by atoms with Gasteiger partial charge in [0.1, 0.15) is 0 Å². The molecule has 71 heavy (non-hydrogen) atoms. The number of unbranched alkanes of at least 4 members (excludes halogenated alkanes) is 38. The predicted octanol–water partition coefficient (Wildman–Crippen LogP) is 19.5. The van der Waals surface area contributed by atoms with Crippen molar-refractivity contribution in [1.29, 1.82) is 0 Å². The average Bonchev–Trinajstić information content (AvgIpc) is 3.37. The molecule has 0 heterocycles. The third-order valence-corrected chi connectivity index (χ3v) is 14.0. The van der Waals surface area contributed by atoms with Gasteiger partial charge >= 0.3 is 5.97 Å². The number of ether oxygens (including phenoxy) is 1. The number of esters is 1. The summed E-state index contributed by atoms with van der Waals surface area (Å²) >= 11 is 0. The van der Waals surface area contributed by atoms with Crippen molar-refractivity contribution in [2.75, 3.05) is 13.2 Å². The molecule has 0 spiro atoms. The zero-order chi connectivity index (χ0) is 51.4. The van der Waals surface area contributed by atoms with Crippen molar-refractivity contribution in [2.24, 2.45) is 0 Å². The molecular formula is C65H119NO5. The number of allylic oxidation sites excluding steroid dienone is 9. The van der Waals surface area contributed by atoms with Crippen LogP contribution in [0.3, 0.4) is 0 Å². The lowest BCUT2D eigenvalue weighted by Gasteiger charge is -2.20. The van der Waals surface area contributed by atoms with Crippen molar-refractivity contribution in [1.82, 2.24) is 5.32 Å². The molecule has 0 bridgehead atoms. The lowest BCUT2D eigenvalue weighted by molar-refractivity contribution is -0.143. The van der Waals surface area contributed by atoms with Crippen LogP contribution in [0.2, 0.25) is 0 Å². The highest BCUT2D eigenvalue weighted by atomic mass is 16.5. The predicted molar refractivity (Wildman–Crippen MR) is 310 cm³/mol. The van der Waals surface area contributed by atoms with Gasteiger partial charge in [0.05, 0.1) is 25.4 Å². The first kappa shape index (κ1) is 68.6. The number of nitrogens with one attached hydrogen (secondary N) is 1. The van der Waals surface area contributed by atoms with Crippen molar-refractivity contribution >= 4 is 11.9 Å². The average molecular weight is 995 g/mol.